The summed E-state index contributed by atoms with van der Waals surface area (Å²) in [6, 6.07) is 14.0. The van der Waals surface area contributed by atoms with Gasteiger partial charge < -0.3 is 9.80 Å². The summed E-state index contributed by atoms with van der Waals surface area (Å²) in [4.78, 5) is 25.4. The molecule has 1 aliphatic rings. The van der Waals surface area contributed by atoms with E-state index in [9.17, 15) is 9.18 Å². The second-order valence-electron chi connectivity index (χ2n) is 7.03. The Bertz CT molecular complexity index is 1030. The summed E-state index contributed by atoms with van der Waals surface area (Å²) in [6.45, 7) is 4.42. The average Bonchev–Trinajstić information content (AvgIpc) is 2.74. The molecule has 1 aliphatic heterocycles. The van der Waals surface area contributed by atoms with E-state index in [1.807, 2.05) is 18.2 Å². The van der Waals surface area contributed by atoms with E-state index in [0.29, 0.717) is 31.7 Å². The number of amides is 1. The van der Waals surface area contributed by atoms with Gasteiger partial charge in [-0.2, -0.15) is 0 Å². The molecular formula is C22H20ClFN4O. The summed E-state index contributed by atoms with van der Waals surface area (Å²) in [5.41, 5.74) is 3.43. The Balaban J connectivity index is 1.45. The number of halogens is 2. The number of hydrogen-bond donors (Lipinski definition) is 0. The highest BCUT2D eigenvalue weighted by atomic mass is 35.5. The van der Waals surface area contributed by atoms with Crippen molar-refractivity contribution < 1.29 is 9.18 Å². The van der Waals surface area contributed by atoms with Gasteiger partial charge in [-0.1, -0.05) is 41.4 Å². The van der Waals surface area contributed by atoms with Gasteiger partial charge in [-0.3, -0.25) is 4.79 Å². The summed E-state index contributed by atoms with van der Waals surface area (Å²) < 4.78 is 13.2. The van der Waals surface area contributed by atoms with Crippen LogP contribution in [-0.2, 0) is 0 Å². The van der Waals surface area contributed by atoms with Crippen LogP contribution in [0.15, 0.2) is 54.9 Å². The van der Waals surface area contributed by atoms with Crippen molar-refractivity contribution in [2.24, 2.45) is 0 Å². The lowest BCUT2D eigenvalue weighted by molar-refractivity contribution is 0.0746. The molecule has 1 saturated heterocycles. The smallest absolute Gasteiger partial charge is 0.255 e. The first-order valence-corrected chi connectivity index (χ1v) is 9.77. The van der Waals surface area contributed by atoms with Crippen molar-refractivity contribution in [1.29, 1.82) is 0 Å². The van der Waals surface area contributed by atoms with E-state index >= 15 is 0 Å². The highest BCUT2D eigenvalue weighted by Crippen LogP contribution is 2.23. The zero-order chi connectivity index (χ0) is 20.4. The van der Waals surface area contributed by atoms with Gasteiger partial charge in [0.15, 0.2) is 0 Å². The molecule has 2 heterocycles. The molecule has 0 radical (unpaired) electrons. The van der Waals surface area contributed by atoms with Crippen LogP contribution in [0.25, 0.3) is 11.3 Å². The fraction of sp³-hybridized carbons (Fsp3) is 0.227. The lowest BCUT2D eigenvalue weighted by Crippen LogP contribution is -2.49. The SMILES string of the molecule is Cc1ccc(-c2cc(N3CCN(C(=O)c4ccc(F)cc4Cl)CC3)ncn2)cc1. The van der Waals surface area contributed by atoms with Crippen LogP contribution in [0.1, 0.15) is 15.9 Å². The molecule has 1 amide bonds. The van der Waals surface area contributed by atoms with Gasteiger partial charge in [-0.15, -0.1) is 0 Å². The number of carbonyl (C=O) groups excluding carboxylic acids is 1. The Morgan fingerprint density at radius 1 is 1.00 bits per heavy atom. The number of benzene rings is 2. The van der Waals surface area contributed by atoms with Crippen LogP contribution >= 0.6 is 11.6 Å². The van der Waals surface area contributed by atoms with E-state index in [0.717, 1.165) is 17.1 Å². The minimum atomic E-state index is -0.454. The van der Waals surface area contributed by atoms with Crippen molar-refractivity contribution in [3.05, 3.63) is 76.8 Å². The second kappa shape index (κ2) is 8.17. The van der Waals surface area contributed by atoms with Crippen molar-refractivity contribution in [2.45, 2.75) is 6.92 Å². The minimum absolute atomic E-state index is 0.135. The van der Waals surface area contributed by atoms with Gasteiger partial charge in [0.25, 0.3) is 5.91 Å². The molecule has 0 bridgehead atoms. The molecule has 5 nitrogen and oxygen atoms in total. The third kappa shape index (κ3) is 4.22. The van der Waals surface area contributed by atoms with E-state index in [-0.39, 0.29) is 10.9 Å². The van der Waals surface area contributed by atoms with E-state index in [2.05, 4.69) is 33.9 Å². The molecule has 0 saturated carbocycles. The topological polar surface area (TPSA) is 49.3 Å². The molecule has 1 aromatic heterocycles. The predicted molar refractivity (Wildman–Crippen MR) is 112 cm³/mol. The van der Waals surface area contributed by atoms with E-state index in [1.54, 1.807) is 11.2 Å². The van der Waals surface area contributed by atoms with Crippen molar-refractivity contribution in [1.82, 2.24) is 14.9 Å². The molecule has 4 rings (SSSR count). The van der Waals surface area contributed by atoms with Gasteiger partial charge in [0, 0.05) is 37.8 Å². The van der Waals surface area contributed by atoms with Crippen molar-refractivity contribution in [3.8, 4) is 11.3 Å². The monoisotopic (exact) mass is 410 g/mol. The standard InChI is InChI=1S/C22H20ClFN4O/c1-15-2-4-16(5-3-15)20-13-21(26-14-25-20)27-8-10-28(11-9-27)22(29)18-7-6-17(24)12-19(18)23/h2-7,12-14H,8-11H2,1H3. The third-order valence-electron chi connectivity index (χ3n) is 5.05. The first-order chi connectivity index (χ1) is 14.0. The Labute approximate surface area is 173 Å². The molecule has 7 heteroatoms. The lowest BCUT2D eigenvalue weighted by Gasteiger charge is -2.35. The molecule has 0 atom stereocenters. The first-order valence-electron chi connectivity index (χ1n) is 9.39. The maximum Gasteiger partial charge on any atom is 0.255 e. The Kier molecular flexibility index (Phi) is 5.45. The molecular weight excluding hydrogens is 391 g/mol. The van der Waals surface area contributed by atoms with Crippen LogP contribution in [0.5, 0.6) is 0 Å². The number of rotatable bonds is 3. The Morgan fingerprint density at radius 2 is 1.72 bits per heavy atom. The number of piperazine rings is 1. The van der Waals surface area contributed by atoms with Crippen LogP contribution in [0.4, 0.5) is 10.2 Å². The Morgan fingerprint density at radius 3 is 2.41 bits per heavy atom. The predicted octanol–water partition coefficient (Wildman–Crippen LogP) is 4.21. The zero-order valence-electron chi connectivity index (χ0n) is 16.0. The normalized spacial score (nSPS) is 14.2. The average molecular weight is 411 g/mol. The fourth-order valence-electron chi connectivity index (χ4n) is 3.37. The Hall–Kier alpha value is -2.99. The number of carbonyl (C=O) groups is 1. The number of aromatic nitrogens is 2. The molecule has 148 valence electrons. The van der Waals surface area contributed by atoms with Crippen LogP contribution in [-0.4, -0.2) is 47.0 Å². The highest BCUT2D eigenvalue weighted by Gasteiger charge is 2.24. The van der Waals surface area contributed by atoms with Crippen LogP contribution in [0.3, 0.4) is 0 Å². The van der Waals surface area contributed by atoms with Gasteiger partial charge in [0.05, 0.1) is 16.3 Å². The third-order valence-corrected chi connectivity index (χ3v) is 5.37. The molecule has 3 aromatic rings. The summed E-state index contributed by atoms with van der Waals surface area (Å²) in [5, 5.41) is 0.135. The van der Waals surface area contributed by atoms with Gasteiger partial charge >= 0.3 is 0 Å². The summed E-state index contributed by atoms with van der Waals surface area (Å²) in [7, 11) is 0. The van der Waals surface area contributed by atoms with E-state index < -0.39 is 5.82 Å². The van der Waals surface area contributed by atoms with Gasteiger partial charge in [0.2, 0.25) is 0 Å². The van der Waals surface area contributed by atoms with Gasteiger partial charge in [0.1, 0.15) is 18.0 Å². The van der Waals surface area contributed by atoms with Crippen molar-refractivity contribution in [2.75, 3.05) is 31.1 Å². The minimum Gasteiger partial charge on any atom is -0.353 e. The number of aryl methyl sites for hydroxylation is 1. The maximum atomic E-state index is 13.2. The zero-order valence-corrected chi connectivity index (χ0v) is 16.7. The summed E-state index contributed by atoms with van der Waals surface area (Å²) >= 11 is 6.04. The lowest BCUT2D eigenvalue weighted by atomic mass is 10.1. The molecule has 0 spiro atoms. The maximum absolute atomic E-state index is 13.2. The van der Waals surface area contributed by atoms with Gasteiger partial charge in [-0.05, 0) is 25.1 Å². The summed E-state index contributed by atoms with van der Waals surface area (Å²) in [5.74, 6) is 0.199. The first kappa shape index (κ1) is 19.3. The van der Waals surface area contributed by atoms with E-state index in [1.165, 1.54) is 23.8 Å². The van der Waals surface area contributed by atoms with Crippen molar-refractivity contribution >= 4 is 23.3 Å². The van der Waals surface area contributed by atoms with Crippen LogP contribution < -0.4 is 4.90 Å². The van der Waals surface area contributed by atoms with Gasteiger partial charge in [-0.25, -0.2) is 14.4 Å². The fourth-order valence-corrected chi connectivity index (χ4v) is 3.62. The highest BCUT2D eigenvalue weighted by molar-refractivity contribution is 6.33. The largest absolute Gasteiger partial charge is 0.353 e. The number of hydrogen-bond acceptors (Lipinski definition) is 4. The number of nitrogens with zero attached hydrogens (tertiary/aromatic N) is 4. The molecule has 0 unspecified atom stereocenters. The van der Waals surface area contributed by atoms with Crippen molar-refractivity contribution in [3.63, 3.8) is 0 Å². The van der Waals surface area contributed by atoms with Crippen LogP contribution in [0.2, 0.25) is 5.02 Å². The summed E-state index contributed by atoms with van der Waals surface area (Å²) in [6.07, 6.45) is 1.57. The molecule has 1 fully saturated rings. The molecule has 29 heavy (non-hydrogen) atoms. The van der Waals surface area contributed by atoms with E-state index in [4.69, 9.17) is 11.6 Å². The molecule has 0 N–H and O–H groups in total. The second-order valence-corrected chi connectivity index (χ2v) is 7.44. The molecule has 0 aliphatic carbocycles. The van der Waals surface area contributed by atoms with Crippen LogP contribution in [0, 0.1) is 12.7 Å². The molecule has 2 aromatic carbocycles. The number of anilines is 1. The quantitative estimate of drug-likeness (QED) is 0.649.